The van der Waals surface area contributed by atoms with Crippen LogP contribution < -0.4 is 51.1 Å². The van der Waals surface area contributed by atoms with E-state index in [4.69, 9.17) is 176 Å². The second-order valence-electron chi connectivity index (χ2n) is 30.4. The summed E-state index contributed by atoms with van der Waals surface area (Å²) in [6.07, 6.45) is -18.7. The highest BCUT2D eigenvalue weighted by molar-refractivity contribution is 8.44. The van der Waals surface area contributed by atoms with E-state index in [1.165, 1.54) is 73.1 Å². The summed E-state index contributed by atoms with van der Waals surface area (Å²) >= 11 is 30.2. The van der Waals surface area contributed by atoms with Crippen LogP contribution >= 0.6 is 52.6 Å². The van der Waals surface area contributed by atoms with Gasteiger partial charge in [0.25, 0.3) is 16.7 Å². The molecule has 133 heavy (non-hydrogen) atoms. The average Bonchev–Trinajstić information content (AvgIpc) is 1.60. The Balaban J connectivity index is 0.000000129. The molecule has 21 heterocycles. The number of H-pyrrole nitrogens is 3. The van der Waals surface area contributed by atoms with Crippen LogP contribution in [0.1, 0.15) is 50.2 Å². The summed E-state index contributed by atoms with van der Waals surface area (Å²) < 4.78 is 188. The van der Waals surface area contributed by atoms with Crippen LogP contribution in [-0.4, -0.2) is 264 Å². The van der Waals surface area contributed by atoms with Gasteiger partial charge in [-0.25, -0.2) is 67.0 Å². The van der Waals surface area contributed by atoms with Crippen molar-refractivity contribution < 1.29 is 129 Å². The molecule has 28 atom stereocenters. The molecule has 70 heteroatoms. The van der Waals surface area contributed by atoms with Crippen LogP contribution in [0.5, 0.6) is 0 Å². The number of aromatic amines is 3. The Morgan fingerprint density at radius 3 is 1.04 bits per heavy atom. The summed E-state index contributed by atoms with van der Waals surface area (Å²) in [7, 11) is 0. The lowest BCUT2D eigenvalue weighted by Crippen LogP contribution is -2.34. The number of thiol groups is 1. The molecule has 12 aromatic rings. The van der Waals surface area contributed by atoms with Crippen molar-refractivity contribution in [2.75, 3.05) is 74.0 Å². The lowest BCUT2D eigenvalue weighted by Gasteiger charge is -2.27. The highest BCUT2D eigenvalue weighted by Crippen LogP contribution is 2.61. The van der Waals surface area contributed by atoms with Gasteiger partial charge in [0, 0.05) is 31.4 Å². The van der Waals surface area contributed by atoms with Crippen molar-refractivity contribution in [1.29, 1.82) is 0 Å². The number of hydrogen-bond donors (Lipinski definition) is 15. The number of nitrogens with two attached hydrogens (primary N) is 6. The number of nitrogen functional groups attached to an aromatic ring is 6. The Morgan fingerprint density at radius 1 is 0.361 bits per heavy atom. The molecule has 6 unspecified atom stereocenters. The van der Waals surface area contributed by atoms with Crippen LogP contribution in [0.3, 0.4) is 0 Å². The number of fused-ring (bicyclic) bond motifs is 15. The first kappa shape index (κ1) is 94.3. The predicted octanol–water partition coefficient (Wildman–Crippen LogP) is 2.28. The smallest absolute Gasteiger partial charge is 0.383 e. The van der Waals surface area contributed by atoms with Crippen LogP contribution in [0.15, 0.2) is 89.1 Å². The van der Waals surface area contributed by atoms with Crippen molar-refractivity contribution in [3.63, 3.8) is 0 Å². The minimum Gasteiger partial charge on any atom is -0.383 e. The zero-order valence-electron chi connectivity index (χ0n) is 66.7. The zero-order valence-corrected chi connectivity index (χ0v) is 77.0. The van der Waals surface area contributed by atoms with Gasteiger partial charge in [-0.3, -0.25) is 70.2 Å². The van der Waals surface area contributed by atoms with Gasteiger partial charge in [-0.2, -0.15) is 15.0 Å². The third-order valence-electron chi connectivity index (χ3n) is 22.0. The molecule has 54 nitrogen and oxygen atoms in total. The first-order chi connectivity index (χ1) is 63.1. The fraction of sp³-hybridized carbons (Fsp3) is 0.476. The Kier molecular flexibility index (Phi) is 25.7. The van der Waals surface area contributed by atoms with Crippen molar-refractivity contribution in [1.82, 2.24) is 102 Å². The van der Waals surface area contributed by atoms with Gasteiger partial charge in [-0.15, -0.1) is 0 Å². The summed E-state index contributed by atoms with van der Waals surface area (Å²) in [6, 6.07) is 4.76. The van der Waals surface area contributed by atoms with E-state index in [-0.39, 0.29) is 106 Å². The van der Waals surface area contributed by atoms with E-state index < -0.39 is 219 Å². The average molecular weight is 2090 g/mol. The first-order valence-corrected chi connectivity index (χ1v) is 54.6. The van der Waals surface area contributed by atoms with Gasteiger partial charge in [0.05, 0.1) is 87.0 Å². The largest absolute Gasteiger partial charge is 0.386 e. The number of hydrogen-bond acceptors (Lipinski definition) is 45. The Labute approximate surface area is 768 Å². The molecule has 21 rings (SSSR count). The Hall–Kier alpha value is -7.66. The fourth-order valence-corrected chi connectivity index (χ4v) is 24.9. The quantitative estimate of drug-likeness (QED) is 0.0645. The number of aromatic nitrogens is 21. The second kappa shape index (κ2) is 36.3. The molecule has 6 bridgehead atoms. The number of nitrogens with one attached hydrogen (secondary N) is 3. The highest BCUT2D eigenvalue weighted by Gasteiger charge is 2.57. The van der Waals surface area contributed by atoms with Crippen molar-refractivity contribution in [2.24, 2.45) is 0 Å². The number of ether oxygens (including phenoxy) is 6. The predicted molar refractivity (Wildman–Crippen MR) is 470 cm³/mol. The Bertz CT molecular complexity index is 6790. The lowest BCUT2D eigenvalue weighted by molar-refractivity contribution is -0.0598. The molecule has 9 aliphatic rings. The standard InChI is InChI=1S/C21H23F2N9O9P2S2.2C21H24FN9O9P2S2/c22-10-8-3-36-42(34,44)40-13-9(39-19(11(13)23)31-2-1-7-15(24)26-5-27-16(7)31)4-37-43(35,45)41-14(10)20(38-8)32-6-28-12-17(32)29-21(25)30-18(12)33;2*22-12-14-11(38-20(12)30-2-1-9-15(23)25-6-26-16(9)30)5-36-41(33,43)39-10-3-8(4-35-42(34,44)40-14)37-19(10)31-7-27-13-17(31)28-21(24)29-18(13)32/h1-2,5-6,8-11,13-14,19-20H,3-4H2,(H,34,44)(H,35,45)(H2,24,26,27)(H3,25,29,30,33);2*1-2,6-8,10-12,14,19-20H,3-5H2,(H,33,43)(H,34,44)(H2,23,25,26)(H3,24,28,29,32)/t8-,9-,10-,11+,13-,14-,19-,20-,42?,43?;2*8-,10+,11+,12-,14+,19+,20+,41?,42?/m100/s1. The van der Waals surface area contributed by atoms with Crippen LogP contribution in [-0.2, 0) is 146 Å². The Morgan fingerprint density at radius 2 is 0.669 bits per heavy atom. The number of halogens is 4. The van der Waals surface area contributed by atoms with E-state index >= 15 is 17.6 Å². The maximum atomic E-state index is 16.0. The molecule has 9 fully saturated rings. The maximum Gasteiger partial charge on any atom is 0.386 e. The second-order valence-corrected chi connectivity index (χ2v) is 47.3. The zero-order chi connectivity index (χ0) is 93.8. The van der Waals surface area contributed by atoms with Gasteiger partial charge in [0.1, 0.15) is 114 Å². The number of rotatable bonds is 6. The van der Waals surface area contributed by atoms with Crippen molar-refractivity contribution in [3.05, 3.63) is 106 Å². The van der Waals surface area contributed by atoms with E-state index in [0.29, 0.717) is 21.8 Å². The summed E-state index contributed by atoms with van der Waals surface area (Å²) in [5, 5.41) is 1.36. The van der Waals surface area contributed by atoms with E-state index in [1.807, 2.05) is 0 Å². The monoisotopic (exact) mass is 2090 g/mol. The summed E-state index contributed by atoms with van der Waals surface area (Å²) in [5.41, 5.74) is 33.8. The molecule has 0 aromatic carbocycles. The third kappa shape index (κ3) is 18.8. The van der Waals surface area contributed by atoms with E-state index in [2.05, 4.69) is 87.0 Å². The van der Waals surface area contributed by atoms with Crippen LogP contribution in [0, 0.1) is 0 Å². The first-order valence-electron chi connectivity index (χ1n) is 38.9. The van der Waals surface area contributed by atoms with Crippen molar-refractivity contribution in [2.45, 2.75) is 148 Å². The maximum absolute atomic E-state index is 16.0. The summed E-state index contributed by atoms with van der Waals surface area (Å²) in [5.74, 6) is -0.0510. The van der Waals surface area contributed by atoms with Gasteiger partial charge < -0.3 is 128 Å². The molecule has 0 spiro atoms. The fourth-order valence-electron chi connectivity index (χ4n) is 16.2. The van der Waals surface area contributed by atoms with Gasteiger partial charge in [-0.1, -0.05) is 12.2 Å². The van der Waals surface area contributed by atoms with Crippen LogP contribution in [0.4, 0.5) is 52.9 Å². The topological polar surface area (TPSA) is 723 Å². The van der Waals surface area contributed by atoms with Gasteiger partial charge in [-0.05, 0) is 77.2 Å². The van der Waals surface area contributed by atoms with Gasteiger partial charge >= 0.3 is 40.4 Å². The molecule has 0 saturated carbocycles. The van der Waals surface area contributed by atoms with Crippen molar-refractivity contribution >= 4 is 214 Å². The van der Waals surface area contributed by atoms with Gasteiger partial charge in [0.15, 0.2) is 95.5 Å². The molecule has 0 amide bonds. The lowest BCUT2D eigenvalue weighted by atomic mass is 10.1. The minimum atomic E-state index is -4.34. The van der Waals surface area contributed by atoms with E-state index in [0.717, 1.165) is 10.9 Å². The van der Waals surface area contributed by atoms with Crippen LogP contribution in [0.2, 0.25) is 0 Å². The molecular formula is C63H71F4N27O27P6S6. The van der Waals surface area contributed by atoms with Crippen molar-refractivity contribution in [3.8, 4) is 0 Å². The normalized spacial score (nSPS) is 36.9. The third-order valence-corrected chi connectivity index (χ3v) is 31.5. The molecule has 9 aliphatic heterocycles. The molecule has 0 radical (unpaired) electrons. The van der Waals surface area contributed by atoms with Gasteiger partial charge in [0.2, 0.25) is 17.8 Å². The van der Waals surface area contributed by atoms with Crippen LogP contribution in [0.25, 0.3) is 66.6 Å². The SMILES string of the molecule is Nc1nc2c(ncn2[C@@H]2O[C@@H]3COP(O)(=S)O[C@H]4[C@H](F)[C@H](n5ccc6c(N)ncnc65)O[C@@H]4COP(=O)(S)O[C@@H]2C3)c(=O)[nH]1.Nc1nc2c(ncn2[C@@H]2O[C@@H]3COP(O)(=S)O[C@H]4[C@H](F)[C@H](n5ccc6c(N)ncnc65)O[C@@H]4COP(O)(=S)O[C@@H]2C3)c(=O)[nH]1.Nc1nc2c(ncn2[C@@H]2O[C@@H]3COP(O)(=S)O[C@H]4[C@H](F)[C@H](n5ccc6c(N)ncnc65)O[C@@H]4COP(O)(=S)O[C@@H]2[C@@H]3F)c(=O)[nH]1. The number of anilines is 6. The number of nitrogens with zero attached hydrogens (tertiary/aromatic N) is 18. The molecular weight excluding hydrogens is 2020 g/mol. The molecule has 0 aliphatic carbocycles. The number of alkyl halides is 4. The summed E-state index contributed by atoms with van der Waals surface area (Å²) in [6.45, 7) is -28.1. The number of imidazole rings is 3. The minimum absolute atomic E-state index is 0.0148. The van der Waals surface area contributed by atoms with E-state index in [9.17, 15) is 43.4 Å². The van der Waals surface area contributed by atoms with E-state index in [1.54, 1.807) is 18.2 Å². The summed E-state index contributed by atoms with van der Waals surface area (Å²) in [4.78, 5) is 148. The highest BCUT2D eigenvalue weighted by atomic mass is 32.7. The molecule has 12 aromatic heterocycles. The molecule has 20 N–H and O–H groups in total. The molecule has 9 saturated heterocycles. The molecule has 714 valence electrons.